The number of piperidine rings is 2. The lowest BCUT2D eigenvalue weighted by Crippen LogP contribution is -2.59. The van der Waals surface area contributed by atoms with Crippen molar-refractivity contribution in [2.75, 3.05) is 0 Å². The van der Waals surface area contributed by atoms with E-state index in [4.69, 9.17) is 4.74 Å². The van der Waals surface area contributed by atoms with E-state index in [-0.39, 0.29) is 18.2 Å². The molecule has 96 valence electrons. The molecule has 1 amide bonds. The highest BCUT2D eigenvalue weighted by molar-refractivity contribution is 5.75. The van der Waals surface area contributed by atoms with Gasteiger partial charge in [0.05, 0.1) is 6.04 Å². The first kappa shape index (κ1) is 12.4. The summed E-state index contributed by atoms with van der Waals surface area (Å²) in [6, 6.07) is -0.0672. The Morgan fingerprint density at radius 2 is 1.82 bits per heavy atom. The molecule has 4 nitrogen and oxygen atoms in total. The lowest BCUT2D eigenvalue weighted by Gasteiger charge is -2.49. The van der Waals surface area contributed by atoms with E-state index in [9.17, 15) is 9.59 Å². The SMILES string of the molecule is CC(C)(C)OC(=O)N1C2CCC(CC2)C1C=O. The van der Waals surface area contributed by atoms with Crippen LogP contribution < -0.4 is 0 Å². The molecule has 17 heavy (non-hydrogen) atoms. The maximum absolute atomic E-state index is 12.1. The zero-order valence-electron chi connectivity index (χ0n) is 10.8. The predicted octanol–water partition coefficient (Wildman–Crippen LogP) is 2.36. The van der Waals surface area contributed by atoms with Gasteiger partial charge in [0.25, 0.3) is 0 Å². The first-order valence-corrected chi connectivity index (χ1v) is 6.39. The second kappa shape index (κ2) is 4.31. The third-order valence-electron chi connectivity index (χ3n) is 3.68. The number of nitrogens with zero attached hydrogens (tertiary/aromatic N) is 1. The van der Waals surface area contributed by atoms with E-state index in [0.29, 0.717) is 5.92 Å². The number of hydrogen-bond acceptors (Lipinski definition) is 3. The molecule has 2 aliphatic heterocycles. The van der Waals surface area contributed by atoms with Crippen molar-refractivity contribution in [2.45, 2.75) is 64.1 Å². The van der Waals surface area contributed by atoms with Crippen LogP contribution in [0.5, 0.6) is 0 Å². The van der Waals surface area contributed by atoms with Crippen LogP contribution >= 0.6 is 0 Å². The number of ether oxygens (including phenoxy) is 1. The lowest BCUT2D eigenvalue weighted by atomic mass is 9.75. The topological polar surface area (TPSA) is 46.6 Å². The van der Waals surface area contributed by atoms with Crippen LogP contribution in [0.15, 0.2) is 0 Å². The normalized spacial score (nSPS) is 32.4. The Balaban J connectivity index is 2.12. The highest BCUT2D eigenvalue weighted by Gasteiger charge is 2.45. The molecule has 2 saturated heterocycles. The van der Waals surface area contributed by atoms with Crippen LogP contribution in [-0.4, -0.2) is 35.0 Å². The van der Waals surface area contributed by atoms with Gasteiger partial charge in [0, 0.05) is 6.04 Å². The Bertz CT molecular complexity index is 313. The molecule has 2 heterocycles. The van der Waals surface area contributed by atoms with Crippen molar-refractivity contribution in [3.8, 4) is 0 Å². The summed E-state index contributed by atoms with van der Waals surface area (Å²) in [7, 11) is 0. The van der Waals surface area contributed by atoms with Crippen molar-refractivity contribution in [3.05, 3.63) is 0 Å². The molecule has 0 aromatic heterocycles. The third-order valence-corrected chi connectivity index (χ3v) is 3.68. The molecular formula is C13H21NO3. The Morgan fingerprint density at radius 1 is 1.24 bits per heavy atom. The molecule has 1 atom stereocenters. The van der Waals surface area contributed by atoms with Gasteiger partial charge in [-0.3, -0.25) is 4.90 Å². The van der Waals surface area contributed by atoms with E-state index in [1.165, 1.54) is 0 Å². The van der Waals surface area contributed by atoms with Gasteiger partial charge in [-0.15, -0.1) is 0 Å². The number of hydrogen-bond donors (Lipinski definition) is 0. The zero-order valence-corrected chi connectivity index (χ0v) is 10.8. The second-order valence-electron chi connectivity index (χ2n) is 6.08. The maximum Gasteiger partial charge on any atom is 0.411 e. The number of carbonyl (C=O) groups is 2. The van der Waals surface area contributed by atoms with E-state index in [1.807, 2.05) is 20.8 Å². The molecule has 2 bridgehead atoms. The van der Waals surface area contributed by atoms with Gasteiger partial charge >= 0.3 is 6.09 Å². The van der Waals surface area contributed by atoms with Crippen LogP contribution in [-0.2, 0) is 9.53 Å². The molecule has 3 aliphatic rings. The van der Waals surface area contributed by atoms with Gasteiger partial charge in [0.15, 0.2) is 0 Å². The monoisotopic (exact) mass is 239 g/mol. The fourth-order valence-electron chi connectivity index (χ4n) is 2.95. The quantitative estimate of drug-likeness (QED) is 0.660. The molecule has 1 aliphatic carbocycles. The van der Waals surface area contributed by atoms with Gasteiger partial charge < -0.3 is 9.53 Å². The van der Waals surface area contributed by atoms with Crippen LogP contribution in [0.2, 0.25) is 0 Å². The van der Waals surface area contributed by atoms with Gasteiger partial charge in [-0.25, -0.2) is 4.79 Å². The zero-order chi connectivity index (χ0) is 12.6. The molecule has 0 spiro atoms. The van der Waals surface area contributed by atoms with Gasteiger partial charge in [0.2, 0.25) is 0 Å². The van der Waals surface area contributed by atoms with Crippen LogP contribution in [0, 0.1) is 5.92 Å². The molecule has 3 fully saturated rings. The average molecular weight is 239 g/mol. The Hall–Kier alpha value is -1.06. The van der Waals surface area contributed by atoms with Crippen molar-refractivity contribution in [2.24, 2.45) is 5.92 Å². The third kappa shape index (κ3) is 2.45. The molecule has 3 rings (SSSR count). The summed E-state index contributed by atoms with van der Waals surface area (Å²) in [4.78, 5) is 25.0. The summed E-state index contributed by atoms with van der Waals surface area (Å²) >= 11 is 0. The van der Waals surface area contributed by atoms with Crippen molar-refractivity contribution in [3.63, 3.8) is 0 Å². The summed E-state index contributed by atoms with van der Waals surface area (Å²) in [6.45, 7) is 5.55. The Kier molecular flexibility index (Phi) is 3.15. The summed E-state index contributed by atoms with van der Waals surface area (Å²) in [5.41, 5.74) is -0.499. The van der Waals surface area contributed by atoms with Crippen LogP contribution in [0.1, 0.15) is 46.5 Å². The number of amides is 1. The molecule has 0 aromatic carbocycles. The minimum Gasteiger partial charge on any atom is -0.444 e. The standard InChI is InChI=1S/C13H21NO3/c1-13(2,3)17-12(16)14-10-6-4-9(5-7-10)11(14)8-15/h8-11H,4-7H2,1-3H3. The molecule has 1 saturated carbocycles. The molecule has 0 aromatic rings. The second-order valence-corrected chi connectivity index (χ2v) is 6.08. The van der Waals surface area contributed by atoms with Gasteiger partial charge in [-0.05, 0) is 52.4 Å². The van der Waals surface area contributed by atoms with Gasteiger partial charge in [-0.2, -0.15) is 0 Å². The molecular weight excluding hydrogens is 218 g/mol. The van der Waals surface area contributed by atoms with E-state index in [0.717, 1.165) is 32.0 Å². The van der Waals surface area contributed by atoms with E-state index < -0.39 is 5.60 Å². The summed E-state index contributed by atoms with van der Waals surface area (Å²) < 4.78 is 5.39. The van der Waals surface area contributed by atoms with E-state index in [2.05, 4.69) is 0 Å². The molecule has 4 heteroatoms. The Morgan fingerprint density at radius 3 is 2.29 bits per heavy atom. The number of rotatable bonds is 1. The highest BCUT2D eigenvalue weighted by atomic mass is 16.6. The van der Waals surface area contributed by atoms with Crippen LogP contribution in [0.3, 0.4) is 0 Å². The summed E-state index contributed by atoms with van der Waals surface area (Å²) in [6.07, 6.45) is 4.73. The number of carbonyl (C=O) groups excluding carboxylic acids is 2. The maximum atomic E-state index is 12.1. The lowest BCUT2D eigenvalue weighted by molar-refractivity contribution is -0.120. The van der Waals surface area contributed by atoms with E-state index in [1.54, 1.807) is 4.90 Å². The Labute approximate surface area is 102 Å². The first-order valence-electron chi connectivity index (χ1n) is 6.39. The van der Waals surface area contributed by atoms with Crippen LogP contribution in [0.25, 0.3) is 0 Å². The predicted molar refractivity (Wildman–Crippen MR) is 63.7 cm³/mol. The van der Waals surface area contributed by atoms with Crippen molar-refractivity contribution in [1.29, 1.82) is 0 Å². The fraction of sp³-hybridized carbons (Fsp3) is 0.846. The van der Waals surface area contributed by atoms with Crippen molar-refractivity contribution in [1.82, 2.24) is 4.90 Å². The number of aldehydes is 1. The summed E-state index contributed by atoms with van der Waals surface area (Å²) in [5.74, 6) is 0.338. The average Bonchev–Trinajstić information content (AvgIpc) is 2.26. The molecule has 1 unspecified atom stereocenters. The van der Waals surface area contributed by atoms with Crippen molar-refractivity contribution < 1.29 is 14.3 Å². The largest absolute Gasteiger partial charge is 0.444 e. The van der Waals surface area contributed by atoms with Gasteiger partial charge in [0.1, 0.15) is 11.9 Å². The highest BCUT2D eigenvalue weighted by Crippen LogP contribution is 2.39. The number of fused-ring (bicyclic) bond motifs is 3. The smallest absolute Gasteiger partial charge is 0.411 e. The summed E-state index contributed by atoms with van der Waals surface area (Å²) in [5, 5.41) is 0. The minimum absolute atomic E-state index is 0.199. The van der Waals surface area contributed by atoms with Crippen molar-refractivity contribution >= 4 is 12.4 Å². The van der Waals surface area contributed by atoms with Crippen LogP contribution in [0.4, 0.5) is 4.79 Å². The molecule has 0 radical (unpaired) electrons. The molecule has 0 N–H and O–H groups in total. The van der Waals surface area contributed by atoms with Gasteiger partial charge in [-0.1, -0.05) is 0 Å². The fourth-order valence-corrected chi connectivity index (χ4v) is 2.95. The van der Waals surface area contributed by atoms with E-state index >= 15 is 0 Å². The minimum atomic E-state index is -0.499. The first-order chi connectivity index (χ1) is 7.92.